The van der Waals surface area contributed by atoms with Gasteiger partial charge in [0.2, 0.25) is 0 Å². The van der Waals surface area contributed by atoms with Gasteiger partial charge in [0.1, 0.15) is 5.78 Å². The molecule has 0 aliphatic heterocycles. The second-order valence-electron chi connectivity index (χ2n) is 11.2. The van der Waals surface area contributed by atoms with Gasteiger partial charge in [-0.25, -0.2) is 0 Å². The predicted octanol–water partition coefficient (Wildman–Crippen LogP) is 4.69. The molecule has 0 bridgehead atoms. The maximum absolute atomic E-state index is 13.3. The zero-order valence-electron chi connectivity index (χ0n) is 17.8. The molecule has 0 aromatic carbocycles. The summed E-state index contributed by atoms with van der Waals surface area (Å²) in [6.07, 6.45) is 8.81. The van der Waals surface area contributed by atoms with Crippen molar-refractivity contribution in [1.29, 1.82) is 0 Å². The highest BCUT2D eigenvalue weighted by Gasteiger charge is 2.62. The lowest BCUT2D eigenvalue weighted by molar-refractivity contribution is -0.160. The maximum Gasteiger partial charge on any atom is 0.303 e. The number of carbonyl (C=O) groups is 2. The van der Waals surface area contributed by atoms with Crippen LogP contribution in [0.5, 0.6) is 0 Å². The molecule has 2 N–H and O–H groups in total. The third kappa shape index (κ3) is 3.05. The number of Topliss-reactive ketones (excluding diaryl/α,β-unsaturated/α-hetero) is 1. The molecule has 9 atom stereocenters. The first-order valence-electron chi connectivity index (χ1n) is 11.6. The fourth-order valence-corrected chi connectivity index (χ4v) is 8.44. The van der Waals surface area contributed by atoms with E-state index < -0.39 is 5.97 Å². The highest BCUT2D eigenvalue weighted by atomic mass is 16.4. The number of rotatable bonds is 4. The Labute approximate surface area is 169 Å². The summed E-state index contributed by atoms with van der Waals surface area (Å²) in [6, 6.07) is 0. The van der Waals surface area contributed by atoms with E-state index in [1.165, 1.54) is 6.42 Å². The summed E-state index contributed by atoms with van der Waals surface area (Å²) in [5.74, 6) is 2.25. The number of ketones is 1. The summed E-state index contributed by atoms with van der Waals surface area (Å²) in [5, 5.41) is 19.3. The molecular weight excluding hydrogens is 352 g/mol. The number of carboxylic acids is 1. The van der Waals surface area contributed by atoms with E-state index >= 15 is 0 Å². The molecule has 4 nitrogen and oxygen atoms in total. The third-order valence-corrected chi connectivity index (χ3v) is 10.0. The summed E-state index contributed by atoms with van der Waals surface area (Å²) in [6.45, 7) is 7.06. The molecule has 0 saturated heterocycles. The molecule has 4 aliphatic rings. The molecule has 4 aliphatic carbocycles. The van der Waals surface area contributed by atoms with Gasteiger partial charge >= 0.3 is 5.97 Å². The molecule has 4 saturated carbocycles. The van der Waals surface area contributed by atoms with Crippen LogP contribution in [0.4, 0.5) is 0 Å². The highest BCUT2D eigenvalue weighted by molar-refractivity contribution is 5.83. The van der Waals surface area contributed by atoms with E-state index in [0.717, 1.165) is 44.9 Å². The van der Waals surface area contributed by atoms with Crippen molar-refractivity contribution in [3.8, 4) is 0 Å². The molecule has 0 amide bonds. The minimum Gasteiger partial charge on any atom is -0.481 e. The van der Waals surface area contributed by atoms with Crippen LogP contribution in [-0.4, -0.2) is 28.1 Å². The smallest absolute Gasteiger partial charge is 0.303 e. The summed E-state index contributed by atoms with van der Waals surface area (Å²) < 4.78 is 0. The zero-order valence-corrected chi connectivity index (χ0v) is 17.8. The van der Waals surface area contributed by atoms with Gasteiger partial charge in [0.15, 0.2) is 0 Å². The Morgan fingerprint density at radius 2 is 1.79 bits per heavy atom. The topological polar surface area (TPSA) is 74.6 Å². The predicted molar refractivity (Wildman–Crippen MR) is 108 cm³/mol. The first-order chi connectivity index (χ1) is 13.2. The molecule has 4 rings (SSSR count). The Morgan fingerprint density at radius 1 is 1.11 bits per heavy atom. The molecular formula is C24H38O4. The SMILES string of the molecule is C[C@H](CCC(=O)O)C1CCC2C3C(=O)C[C@@H]4C[C@H](O)CC[C@]4(C)C3CC[C@@]21C. The standard InChI is InChI=1S/C24H38O4/c1-14(4-7-21(27)28)17-5-6-18-22-19(9-11-24(17,18)3)23(2)10-8-16(25)12-15(23)13-20(22)26/h14-19,22,25H,4-13H2,1-3H3,(H,27,28)/t14-,15+,16-,17?,18?,19?,22?,23+,24-/m1/s1. The number of aliphatic hydroxyl groups is 1. The van der Waals surface area contributed by atoms with Gasteiger partial charge in [0, 0.05) is 18.8 Å². The van der Waals surface area contributed by atoms with Crippen LogP contribution in [0.1, 0.15) is 85.0 Å². The lowest BCUT2D eigenvalue weighted by Gasteiger charge is -2.60. The number of carboxylic acid groups (broad SMARTS) is 1. The normalized spacial score (nSPS) is 49.1. The number of fused-ring (bicyclic) bond motifs is 5. The molecule has 0 radical (unpaired) electrons. The molecule has 158 valence electrons. The lowest BCUT2D eigenvalue weighted by Crippen LogP contribution is -2.57. The van der Waals surface area contributed by atoms with Crippen molar-refractivity contribution < 1.29 is 19.8 Å². The van der Waals surface area contributed by atoms with Crippen molar-refractivity contribution in [3.63, 3.8) is 0 Å². The largest absolute Gasteiger partial charge is 0.481 e. The summed E-state index contributed by atoms with van der Waals surface area (Å²) in [5.41, 5.74) is 0.401. The Hall–Kier alpha value is -0.900. The van der Waals surface area contributed by atoms with Crippen LogP contribution in [0.25, 0.3) is 0 Å². The van der Waals surface area contributed by atoms with E-state index in [9.17, 15) is 14.7 Å². The first kappa shape index (κ1) is 20.4. The van der Waals surface area contributed by atoms with Crippen LogP contribution in [-0.2, 0) is 9.59 Å². The van der Waals surface area contributed by atoms with Crippen molar-refractivity contribution in [1.82, 2.24) is 0 Å². The highest BCUT2D eigenvalue weighted by Crippen LogP contribution is 2.67. The minimum absolute atomic E-state index is 0.187. The number of aliphatic carboxylic acids is 1. The number of hydrogen-bond acceptors (Lipinski definition) is 3. The van der Waals surface area contributed by atoms with E-state index in [-0.39, 0.29) is 29.3 Å². The summed E-state index contributed by atoms with van der Waals surface area (Å²) in [4.78, 5) is 24.4. The molecule has 0 heterocycles. The Bertz CT molecular complexity index is 645. The average molecular weight is 391 g/mol. The Balaban J connectivity index is 1.56. The van der Waals surface area contributed by atoms with Crippen LogP contribution in [0.15, 0.2) is 0 Å². The van der Waals surface area contributed by atoms with Gasteiger partial charge in [-0.1, -0.05) is 20.8 Å². The number of carbonyl (C=O) groups excluding carboxylic acids is 1. The molecule has 4 unspecified atom stereocenters. The van der Waals surface area contributed by atoms with E-state index in [2.05, 4.69) is 20.8 Å². The Morgan fingerprint density at radius 3 is 2.50 bits per heavy atom. The second-order valence-corrected chi connectivity index (χ2v) is 11.2. The fraction of sp³-hybridized carbons (Fsp3) is 0.917. The molecule has 4 heteroatoms. The van der Waals surface area contributed by atoms with Gasteiger partial charge in [-0.05, 0) is 91.8 Å². The lowest BCUT2D eigenvalue weighted by atomic mass is 9.44. The van der Waals surface area contributed by atoms with Crippen molar-refractivity contribution >= 4 is 11.8 Å². The van der Waals surface area contributed by atoms with Crippen LogP contribution in [0.3, 0.4) is 0 Å². The van der Waals surface area contributed by atoms with Gasteiger partial charge in [-0.15, -0.1) is 0 Å². The van der Waals surface area contributed by atoms with Crippen molar-refractivity contribution in [2.45, 2.75) is 91.1 Å². The van der Waals surface area contributed by atoms with Gasteiger partial charge in [0.25, 0.3) is 0 Å². The fourth-order valence-electron chi connectivity index (χ4n) is 8.44. The van der Waals surface area contributed by atoms with Gasteiger partial charge in [-0.2, -0.15) is 0 Å². The summed E-state index contributed by atoms with van der Waals surface area (Å²) in [7, 11) is 0. The molecule has 0 aromatic rings. The average Bonchev–Trinajstić information content (AvgIpc) is 2.98. The second kappa shape index (κ2) is 7.11. The summed E-state index contributed by atoms with van der Waals surface area (Å²) >= 11 is 0. The molecule has 0 spiro atoms. The maximum atomic E-state index is 13.3. The van der Waals surface area contributed by atoms with E-state index in [1.54, 1.807) is 0 Å². The van der Waals surface area contributed by atoms with Crippen molar-refractivity contribution in [2.24, 2.45) is 46.3 Å². The first-order valence-corrected chi connectivity index (χ1v) is 11.6. The molecule has 4 fully saturated rings. The number of aliphatic hydroxyl groups excluding tert-OH is 1. The van der Waals surface area contributed by atoms with Gasteiger partial charge in [0.05, 0.1) is 6.10 Å². The quantitative estimate of drug-likeness (QED) is 0.730. The van der Waals surface area contributed by atoms with Gasteiger partial charge in [-0.3, -0.25) is 9.59 Å². The van der Waals surface area contributed by atoms with Crippen LogP contribution < -0.4 is 0 Å². The van der Waals surface area contributed by atoms with E-state index in [4.69, 9.17) is 5.11 Å². The zero-order chi connectivity index (χ0) is 20.3. The van der Waals surface area contributed by atoms with E-state index in [1.807, 2.05) is 0 Å². The number of hydrogen-bond donors (Lipinski definition) is 2. The van der Waals surface area contributed by atoms with Crippen LogP contribution in [0, 0.1) is 46.3 Å². The van der Waals surface area contributed by atoms with Crippen molar-refractivity contribution in [3.05, 3.63) is 0 Å². The van der Waals surface area contributed by atoms with Gasteiger partial charge < -0.3 is 10.2 Å². The minimum atomic E-state index is -0.698. The van der Waals surface area contributed by atoms with E-state index in [0.29, 0.717) is 41.8 Å². The van der Waals surface area contributed by atoms with Crippen molar-refractivity contribution in [2.75, 3.05) is 0 Å². The Kier molecular flexibility index (Phi) is 5.17. The molecule has 0 aromatic heterocycles. The monoisotopic (exact) mass is 390 g/mol. The molecule has 28 heavy (non-hydrogen) atoms. The van der Waals surface area contributed by atoms with Crippen LogP contribution in [0.2, 0.25) is 0 Å². The van der Waals surface area contributed by atoms with Crippen LogP contribution >= 0.6 is 0 Å². The third-order valence-electron chi connectivity index (χ3n) is 10.0.